The SMILES string of the molecule is CC(C)(C)C(=O)ON1CCC(C(=O)N2CCOCC2)CC1. The van der Waals surface area contributed by atoms with Gasteiger partial charge in [0.15, 0.2) is 0 Å². The minimum atomic E-state index is -0.500. The standard InChI is InChI=1S/C15H26N2O4/c1-15(2,3)14(19)21-17-6-4-12(5-7-17)13(18)16-8-10-20-11-9-16/h12H,4-11H2,1-3H3. The third-order valence-corrected chi connectivity index (χ3v) is 3.95. The third kappa shape index (κ3) is 4.41. The van der Waals surface area contributed by atoms with Crippen LogP contribution in [0.3, 0.4) is 0 Å². The molecule has 2 heterocycles. The van der Waals surface area contributed by atoms with Crippen LogP contribution in [0.15, 0.2) is 0 Å². The molecule has 2 aliphatic rings. The number of ether oxygens (including phenoxy) is 1. The lowest BCUT2D eigenvalue weighted by molar-refractivity contribution is -0.206. The summed E-state index contributed by atoms with van der Waals surface area (Å²) in [7, 11) is 0. The second kappa shape index (κ2) is 6.75. The number of amides is 1. The number of hydrogen-bond acceptors (Lipinski definition) is 5. The van der Waals surface area contributed by atoms with Crippen LogP contribution >= 0.6 is 0 Å². The van der Waals surface area contributed by atoms with Crippen molar-refractivity contribution in [2.75, 3.05) is 39.4 Å². The smallest absolute Gasteiger partial charge is 0.330 e. The number of nitrogens with zero attached hydrogens (tertiary/aromatic N) is 2. The normalized spacial score (nSPS) is 22.1. The maximum Gasteiger partial charge on any atom is 0.330 e. The van der Waals surface area contributed by atoms with Crippen LogP contribution in [0, 0.1) is 11.3 Å². The first kappa shape index (κ1) is 16.2. The molecule has 6 heteroatoms. The highest BCUT2D eigenvalue weighted by Gasteiger charge is 2.32. The summed E-state index contributed by atoms with van der Waals surface area (Å²) >= 11 is 0. The summed E-state index contributed by atoms with van der Waals surface area (Å²) in [6.45, 7) is 9.42. The zero-order chi connectivity index (χ0) is 15.5. The second-order valence-corrected chi connectivity index (χ2v) is 6.77. The Labute approximate surface area is 126 Å². The van der Waals surface area contributed by atoms with Gasteiger partial charge in [-0.1, -0.05) is 0 Å². The molecule has 0 aromatic rings. The first-order valence-corrected chi connectivity index (χ1v) is 7.72. The molecule has 0 N–H and O–H groups in total. The number of hydrogen-bond donors (Lipinski definition) is 0. The molecule has 0 radical (unpaired) electrons. The predicted molar refractivity (Wildman–Crippen MR) is 77.2 cm³/mol. The van der Waals surface area contributed by atoms with Gasteiger partial charge in [0.1, 0.15) is 0 Å². The van der Waals surface area contributed by atoms with Gasteiger partial charge in [-0.3, -0.25) is 4.79 Å². The minimum absolute atomic E-state index is 0.0488. The molecule has 21 heavy (non-hydrogen) atoms. The Morgan fingerprint density at radius 1 is 1.05 bits per heavy atom. The van der Waals surface area contributed by atoms with Gasteiger partial charge in [0.25, 0.3) is 0 Å². The fourth-order valence-corrected chi connectivity index (χ4v) is 2.49. The Bertz CT molecular complexity index is 378. The van der Waals surface area contributed by atoms with E-state index in [1.807, 2.05) is 25.7 Å². The molecule has 1 amide bonds. The van der Waals surface area contributed by atoms with E-state index in [0.717, 1.165) is 12.8 Å². The van der Waals surface area contributed by atoms with Crippen LogP contribution in [0.2, 0.25) is 0 Å². The van der Waals surface area contributed by atoms with Gasteiger partial charge in [0.05, 0.1) is 18.6 Å². The van der Waals surface area contributed by atoms with E-state index < -0.39 is 5.41 Å². The minimum Gasteiger partial charge on any atom is -0.378 e. The lowest BCUT2D eigenvalue weighted by Gasteiger charge is -2.35. The zero-order valence-corrected chi connectivity index (χ0v) is 13.3. The molecule has 2 rings (SSSR count). The maximum atomic E-state index is 12.4. The number of carbonyl (C=O) groups is 2. The van der Waals surface area contributed by atoms with Crippen molar-refractivity contribution in [3.05, 3.63) is 0 Å². The number of carbonyl (C=O) groups excluding carboxylic acids is 2. The van der Waals surface area contributed by atoms with E-state index in [-0.39, 0.29) is 17.8 Å². The Morgan fingerprint density at radius 3 is 2.14 bits per heavy atom. The number of rotatable bonds is 2. The van der Waals surface area contributed by atoms with E-state index in [4.69, 9.17) is 9.57 Å². The van der Waals surface area contributed by atoms with E-state index in [0.29, 0.717) is 39.4 Å². The number of morpholine rings is 1. The molecule has 0 aromatic heterocycles. The molecule has 6 nitrogen and oxygen atoms in total. The summed E-state index contributed by atoms with van der Waals surface area (Å²) < 4.78 is 5.27. The molecule has 0 aliphatic carbocycles. The van der Waals surface area contributed by atoms with Crippen molar-refractivity contribution in [1.82, 2.24) is 9.96 Å². The summed E-state index contributed by atoms with van der Waals surface area (Å²) in [4.78, 5) is 31.5. The highest BCUT2D eigenvalue weighted by molar-refractivity contribution is 5.79. The Balaban J connectivity index is 1.77. The molecule has 2 fully saturated rings. The van der Waals surface area contributed by atoms with E-state index in [9.17, 15) is 9.59 Å². The first-order chi connectivity index (χ1) is 9.88. The highest BCUT2D eigenvalue weighted by atomic mass is 16.7. The maximum absolute atomic E-state index is 12.4. The van der Waals surface area contributed by atoms with Gasteiger partial charge in [-0.15, -0.1) is 5.06 Å². The lowest BCUT2D eigenvalue weighted by Crippen LogP contribution is -2.47. The summed E-state index contributed by atoms with van der Waals surface area (Å²) in [6, 6.07) is 0. The highest BCUT2D eigenvalue weighted by Crippen LogP contribution is 2.23. The van der Waals surface area contributed by atoms with Crippen molar-refractivity contribution in [2.24, 2.45) is 11.3 Å². The molecule has 0 unspecified atom stereocenters. The number of piperidine rings is 1. The van der Waals surface area contributed by atoms with Crippen molar-refractivity contribution in [3.8, 4) is 0 Å². The molecule has 0 bridgehead atoms. The summed E-state index contributed by atoms with van der Waals surface area (Å²) in [6.07, 6.45) is 1.49. The Kier molecular flexibility index (Phi) is 5.22. The zero-order valence-electron chi connectivity index (χ0n) is 13.3. The largest absolute Gasteiger partial charge is 0.378 e. The van der Waals surface area contributed by atoms with Gasteiger partial charge < -0.3 is 14.5 Å². The van der Waals surface area contributed by atoms with Crippen molar-refractivity contribution >= 4 is 11.9 Å². The Hall–Kier alpha value is -1.14. The second-order valence-electron chi connectivity index (χ2n) is 6.77. The van der Waals surface area contributed by atoms with Gasteiger partial charge in [-0.2, -0.15) is 0 Å². The lowest BCUT2D eigenvalue weighted by atomic mass is 9.96. The van der Waals surface area contributed by atoms with Crippen molar-refractivity contribution < 1.29 is 19.2 Å². The molecule has 0 saturated carbocycles. The molecule has 2 saturated heterocycles. The van der Waals surface area contributed by atoms with Crippen LogP contribution in [0.4, 0.5) is 0 Å². The quantitative estimate of drug-likeness (QED) is 0.763. The van der Waals surface area contributed by atoms with Crippen molar-refractivity contribution in [3.63, 3.8) is 0 Å². The van der Waals surface area contributed by atoms with Crippen LogP contribution in [-0.2, 0) is 19.2 Å². The van der Waals surface area contributed by atoms with E-state index >= 15 is 0 Å². The van der Waals surface area contributed by atoms with Crippen LogP contribution in [0.5, 0.6) is 0 Å². The van der Waals surface area contributed by atoms with E-state index in [1.165, 1.54) is 0 Å². The van der Waals surface area contributed by atoms with Gasteiger partial charge >= 0.3 is 5.97 Å². The van der Waals surface area contributed by atoms with Crippen LogP contribution in [0.25, 0.3) is 0 Å². The van der Waals surface area contributed by atoms with Gasteiger partial charge in [0, 0.05) is 32.1 Å². The monoisotopic (exact) mass is 298 g/mol. The fraction of sp³-hybridized carbons (Fsp3) is 0.867. The molecule has 120 valence electrons. The summed E-state index contributed by atoms with van der Waals surface area (Å²) in [5.74, 6) is 0.0493. The molecule has 0 aromatic carbocycles. The molecule has 2 aliphatic heterocycles. The summed E-state index contributed by atoms with van der Waals surface area (Å²) in [5.41, 5.74) is -0.500. The topological polar surface area (TPSA) is 59.1 Å². The fourth-order valence-electron chi connectivity index (χ4n) is 2.49. The van der Waals surface area contributed by atoms with Gasteiger partial charge in [-0.05, 0) is 33.6 Å². The average molecular weight is 298 g/mol. The number of hydroxylamine groups is 2. The molecular weight excluding hydrogens is 272 g/mol. The van der Waals surface area contributed by atoms with Crippen molar-refractivity contribution in [2.45, 2.75) is 33.6 Å². The molecular formula is C15H26N2O4. The molecule has 0 atom stereocenters. The summed E-state index contributed by atoms with van der Waals surface area (Å²) in [5, 5.41) is 1.69. The van der Waals surface area contributed by atoms with Crippen LogP contribution < -0.4 is 0 Å². The van der Waals surface area contributed by atoms with Gasteiger partial charge in [0.2, 0.25) is 5.91 Å². The van der Waals surface area contributed by atoms with Gasteiger partial charge in [-0.25, -0.2) is 4.79 Å². The average Bonchev–Trinajstić information content (AvgIpc) is 2.47. The molecule has 0 spiro atoms. The third-order valence-electron chi connectivity index (χ3n) is 3.95. The first-order valence-electron chi connectivity index (χ1n) is 7.72. The Morgan fingerprint density at radius 2 is 1.62 bits per heavy atom. The van der Waals surface area contributed by atoms with Crippen LogP contribution in [0.1, 0.15) is 33.6 Å². The van der Waals surface area contributed by atoms with E-state index in [1.54, 1.807) is 5.06 Å². The predicted octanol–water partition coefficient (Wildman–Crippen LogP) is 1.06. The van der Waals surface area contributed by atoms with Crippen molar-refractivity contribution in [1.29, 1.82) is 0 Å². The van der Waals surface area contributed by atoms with Crippen LogP contribution in [-0.4, -0.2) is 61.2 Å². The van der Waals surface area contributed by atoms with E-state index in [2.05, 4.69) is 0 Å².